The molecular weight excluding hydrogens is 424 g/mol. The lowest BCUT2D eigenvalue weighted by Crippen LogP contribution is -2.12. The van der Waals surface area contributed by atoms with Crippen molar-refractivity contribution in [2.75, 3.05) is 13.2 Å². The second kappa shape index (κ2) is 8.27. The summed E-state index contributed by atoms with van der Waals surface area (Å²) in [7, 11) is 0. The van der Waals surface area contributed by atoms with Gasteiger partial charge in [0.25, 0.3) is 0 Å². The van der Waals surface area contributed by atoms with Crippen LogP contribution in [0.2, 0.25) is 0 Å². The molecule has 3 aromatic heterocycles. The Morgan fingerprint density at radius 3 is 1.61 bits per heavy atom. The number of fused-ring (bicyclic) bond motifs is 2. The fourth-order valence-corrected chi connectivity index (χ4v) is 3.97. The minimum atomic E-state index is -0.489. The van der Waals surface area contributed by atoms with Crippen LogP contribution in [0.4, 0.5) is 9.59 Å². The molecule has 0 atom stereocenters. The van der Waals surface area contributed by atoms with Crippen LogP contribution in [0.5, 0.6) is 0 Å². The van der Waals surface area contributed by atoms with Crippen LogP contribution in [0.3, 0.4) is 0 Å². The molecule has 166 valence electrons. The summed E-state index contributed by atoms with van der Waals surface area (Å²) in [5.41, 5.74) is 3.55. The van der Waals surface area contributed by atoms with Crippen molar-refractivity contribution >= 4 is 34.0 Å². The van der Waals surface area contributed by atoms with Crippen molar-refractivity contribution in [2.45, 2.75) is 13.8 Å². The predicted molar refractivity (Wildman–Crippen MR) is 121 cm³/mol. The maximum atomic E-state index is 12.5. The van der Waals surface area contributed by atoms with Gasteiger partial charge in [-0.1, -0.05) is 36.4 Å². The summed E-state index contributed by atoms with van der Waals surface area (Å²) in [5.74, 6) is 0. The summed E-state index contributed by atoms with van der Waals surface area (Å²) < 4.78 is 18.4. The normalized spacial score (nSPS) is 11.2. The van der Waals surface area contributed by atoms with Gasteiger partial charge in [-0.2, -0.15) is 0 Å². The molecule has 2 aromatic carbocycles. The summed E-state index contributed by atoms with van der Waals surface area (Å²) in [6.45, 7) is 4.02. The van der Waals surface area contributed by atoms with E-state index in [4.69, 9.17) is 14.1 Å². The lowest BCUT2D eigenvalue weighted by molar-refractivity contribution is 0.154. The Morgan fingerprint density at radius 1 is 0.758 bits per heavy atom. The molecule has 0 amide bonds. The Balaban J connectivity index is 1.71. The Bertz CT molecular complexity index is 1380. The van der Waals surface area contributed by atoms with Crippen LogP contribution in [0.1, 0.15) is 13.8 Å². The van der Waals surface area contributed by atoms with Gasteiger partial charge in [-0.25, -0.2) is 14.2 Å². The highest BCUT2D eigenvalue weighted by atomic mass is 16.6. The summed E-state index contributed by atoms with van der Waals surface area (Å²) in [6.07, 6.45) is 2.35. The Labute approximate surface area is 188 Å². The van der Waals surface area contributed by atoms with Gasteiger partial charge in [0.15, 0.2) is 0 Å². The van der Waals surface area contributed by atoms with Crippen molar-refractivity contribution in [1.82, 2.24) is 19.4 Å². The van der Waals surface area contributed by atoms with Crippen molar-refractivity contribution in [3.63, 3.8) is 0 Å². The molecule has 0 aliphatic heterocycles. The molecule has 3 heterocycles. The zero-order valence-corrected chi connectivity index (χ0v) is 18.0. The molecular formula is C24H20N4O5. The van der Waals surface area contributed by atoms with Crippen LogP contribution < -0.4 is 0 Å². The number of para-hydroxylation sites is 2. The Morgan fingerprint density at radius 2 is 1.18 bits per heavy atom. The van der Waals surface area contributed by atoms with E-state index in [2.05, 4.69) is 10.3 Å². The summed E-state index contributed by atoms with van der Waals surface area (Å²) >= 11 is 0. The third kappa shape index (κ3) is 3.34. The molecule has 0 unspecified atom stereocenters. The summed E-state index contributed by atoms with van der Waals surface area (Å²) in [6, 6.07) is 14.9. The number of carbonyl (C=O) groups excluding carboxylic acids is 2. The number of benzene rings is 2. The number of aromatic nitrogens is 4. The molecule has 5 aromatic rings. The molecule has 33 heavy (non-hydrogen) atoms. The topological polar surface area (TPSA) is 101 Å². The van der Waals surface area contributed by atoms with Crippen LogP contribution in [-0.4, -0.2) is 44.8 Å². The molecule has 9 nitrogen and oxygen atoms in total. The van der Waals surface area contributed by atoms with E-state index in [0.29, 0.717) is 33.5 Å². The van der Waals surface area contributed by atoms with Crippen LogP contribution >= 0.6 is 0 Å². The molecule has 5 rings (SSSR count). The first-order chi connectivity index (χ1) is 16.1. The van der Waals surface area contributed by atoms with Crippen LogP contribution in [0, 0.1) is 0 Å². The van der Waals surface area contributed by atoms with E-state index in [0.717, 1.165) is 10.8 Å². The summed E-state index contributed by atoms with van der Waals surface area (Å²) in [5, 5.41) is 9.88. The van der Waals surface area contributed by atoms with E-state index in [1.54, 1.807) is 26.2 Å². The molecule has 0 spiro atoms. The molecule has 0 saturated carbocycles. The van der Waals surface area contributed by atoms with Crippen molar-refractivity contribution in [1.29, 1.82) is 0 Å². The standard InChI is InChI=1S/C24H20N4O5/c1-3-31-23(29)27-13-17(15-9-5-7-11-19(15)27)21-22(26-33-25-21)18-14-28(24(30)32-4-2)20-12-8-6-10-16(18)20/h5-14H,3-4H2,1-2H3. The number of nitrogens with zero attached hydrogens (tertiary/aromatic N) is 4. The maximum Gasteiger partial charge on any atom is 0.418 e. The first-order valence-corrected chi connectivity index (χ1v) is 10.5. The highest BCUT2D eigenvalue weighted by Crippen LogP contribution is 2.38. The number of hydrogen-bond acceptors (Lipinski definition) is 7. The molecule has 0 aliphatic carbocycles. The number of rotatable bonds is 4. The van der Waals surface area contributed by atoms with Gasteiger partial charge in [-0.3, -0.25) is 9.13 Å². The van der Waals surface area contributed by atoms with Gasteiger partial charge >= 0.3 is 12.2 Å². The second-order valence-corrected chi connectivity index (χ2v) is 7.22. The van der Waals surface area contributed by atoms with Gasteiger partial charge in [-0.05, 0) is 36.3 Å². The van der Waals surface area contributed by atoms with E-state index >= 15 is 0 Å². The lowest BCUT2D eigenvalue weighted by Gasteiger charge is -2.03. The average Bonchev–Trinajstić information content (AvgIpc) is 3.54. The predicted octanol–water partition coefficient (Wildman–Crippen LogP) is 5.32. The SMILES string of the molecule is CCOC(=O)n1cc(-c2nonc2-c2cn(C(=O)OCC)c3ccccc23)c2ccccc21. The molecule has 0 saturated heterocycles. The monoisotopic (exact) mass is 444 g/mol. The van der Waals surface area contributed by atoms with Crippen molar-refractivity contribution in [3.05, 3.63) is 60.9 Å². The van der Waals surface area contributed by atoms with E-state index in [-0.39, 0.29) is 13.2 Å². The first-order valence-electron chi connectivity index (χ1n) is 10.5. The minimum Gasteiger partial charge on any atom is -0.449 e. The fraction of sp³-hybridized carbons (Fsp3) is 0.167. The third-order valence-electron chi connectivity index (χ3n) is 5.35. The number of carbonyl (C=O) groups is 2. The van der Waals surface area contributed by atoms with E-state index in [9.17, 15) is 9.59 Å². The molecule has 0 aliphatic rings. The van der Waals surface area contributed by atoms with Crippen LogP contribution in [-0.2, 0) is 9.47 Å². The van der Waals surface area contributed by atoms with Gasteiger partial charge in [0.1, 0.15) is 11.4 Å². The summed E-state index contributed by atoms with van der Waals surface area (Å²) in [4.78, 5) is 25.1. The fourth-order valence-electron chi connectivity index (χ4n) is 3.97. The van der Waals surface area contributed by atoms with Gasteiger partial charge in [0, 0.05) is 34.3 Å². The molecule has 9 heteroatoms. The van der Waals surface area contributed by atoms with Crippen molar-refractivity contribution in [2.24, 2.45) is 0 Å². The minimum absolute atomic E-state index is 0.255. The van der Waals surface area contributed by atoms with Gasteiger partial charge in [0.05, 0.1) is 24.2 Å². The smallest absolute Gasteiger partial charge is 0.418 e. The zero-order valence-electron chi connectivity index (χ0n) is 18.0. The van der Waals surface area contributed by atoms with E-state index in [1.807, 2.05) is 48.5 Å². The second-order valence-electron chi connectivity index (χ2n) is 7.22. The van der Waals surface area contributed by atoms with Crippen LogP contribution in [0.15, 0.2) is 65.6 Å². The van der Waals surface area contributed by atoms with Gasteiger partial charge in [-0.15, -0.1) is 0 Å². The van der Waals surface area contributed by atoms with E-state index < -0.39 is 12.2 Å². The van der Waals surface area contributed by atoms with Gasteiger partial charge in [0.2, 0.25) is 0 Å². The Hall–Kier alpha value is -4.40. The molecule has 0 bridgehead atoms. The van der Waals surface area contributed by atoms with Crippen molar-refractivity contribution < 1.29 is 23.7 Å². The zero-order chi connectivity index (χ0) is 22.9. The quantitative estimate of drug-likeness (QED) is 0.370. The van der Waals surface area contributed by atoms with Crippen LogP contribution in [0.25, 0.3) is 44.3 Å². The van der Waals surface area contributed by atoms with Crippen molar-refractivity contribution in [3.8, 4) is 22.5 Å². The highest BCUT2D eigenvalue weighted by Gasteiger charge is 2.25. The molecule has 0 radical (unpaired) electrons. The third-order valence-corrected chi connectivity index (χ3v) is 5.35. The average molecular weight is 444 g/mol. The largest absolute Gasteiger partial charge is 0.449 e. The Kier molecular flexibility index (Phi) is 5.14. The van der Waals surface area contributed by atoms with Gasteiger partial charge < -0.3 is 9.47 Å². The highest BCUT2D eigenvalue weighted by molar-refractivity contribution is 6.06. The van der Waals surface area contributed by atoms with E-state index in [1.165, 1.54) is 9.13 Å². The number of hydrogen-bond donors (Lipinski definition) is 0. The maximum absolute atomic E-state index is 12.5. The number of ether oxygens (including phenoxy) is 2. The molecule has 0 N–H and O–H groups in total. The lowest BCUT2D eigenvalue weighted by atomic mass is 10.0. The molecule has 0 fully saturated rings. The first kappa shape index (κ1) is 20.5.